The Morgan fingerprint density at radius 2 is 1.82 bits per heavy atom. The number of hydrogen-bond acceptors (Lipinski definition) is 6. The third-order valence-corrected chi connectivity index (χ3v) is 6.22. The summed E-state index contributed by atoms with van der Waals surface area (Å²) >= 11 is 7.70. The molecule has 3 heterocycles. The summed E-state index contributed by atoms with van der Waals surface area (Å²) in [5.74, 6) is -0.128. The second-order valence-electron chi connectivity index (χ2n) is 6.76. The second kappa shape index (κ2) is 7.58. The van der Waals surface area contributed by atoms with Crippen LogP contribution in [-0.2, 0) is 9.59 Å². The van der Waals surface area contributed by atoms with E-state index in [0.29, 0.717) is 40.8 Å². The van der Waals surface area contributed by atoms with Gasteiger partial charge in [0.2, 0.25) is 0 Å². The van der Waals surface area contributed by atoms with Gasteiger partial charge in [0.05, 0.1) is 23.4 Å². The molecular formula is C20H20ClN3O3S. The number of benzene rings is 1. The number of carbonyl (C=O) groups excluding carboxylic acids is 2. The van der Waals surface area contributed by atoms with Crippen LogP contribution in [0.3, 0.4) is 0 Å². The Morgan fingerprint density at radius 1 is 1.07 bits per heavy atom. The molecule has 8 heteroatoms. The van der Waals surface area contributed by atoms with Gasteiger partial charge in [0.15, 0.2) is 0 Å². The van der Waals surface area contributed by atoms with Gasteiger partial charge in [-0.2, -0.15) is 0 Å². The number of anilines is 1. The second-order valence-corrected chi connectivity index (χ2v) is 8.11. The van der Waals surface area contributed by atoms with Crippen molar-refractivity contribution in [2.45, 2.75) is 0 Å². The van der Waals surface area contributed by atoms with Crippen molar-refractivity contribution in [1.29, 1.82) is 0 Å². The zero-order valence-electron chi connectivity index (χ0n) is 15.6. The van der Waals surface area contributed by atoms with Crippen LogP contribution in [0.25, 0.3) is 5.57 Å². The maximum atomic E-state index is 13.4. The lowest BCUT2D eigenvalue weighted by Gasteiger charge is -2.34. The largest absolute Gasteiger partial charge is 0.495 e. The van der Waals surface area contributed by atoms with E-state index in [1.807, 2.05) is 22.4 Å². The zero-order valence-corrected chi connectivity index (χ0v) is 17.2. The summed E-state index contributed by atoms with van der Waals surface area (Å²) in [6.45, 7) is 3.10. The van der Waals surface area contributed by atoms with Gasteiger partial charge in [0, 0.05) is 31.1 Å². The molecule has 146 valence electrons. The van der Waals surface area contributed by atoms with Gasteiger partial charge in [-0.3, -0.25) is 9.59 Å². The van der Waals surface area contributed by atoms with Crippen molar-refractivity contribution in [3.05, 3.63) is 51.3 Å². The maximum absolute atomic E-state index is 13.4. The average Bonchev–Trinajstić information content (AvgIpc) is 3.29. The highest BCUT2D eigenvalue weighted by Crippen LogP contribution is 2.38. The molecule has 28 heavy (non-hydrogen) atoms. The number of amides is 2. The first-order valence-corrected chi connectivity index (χ1v) is 10.2. The monoisotopic (exact) mass is 417 g/mol. The lowest BCUT2D eigenvalue weighted by molar-refractivity contribution is -0.120. The molecule has 0 bridgehead atoms. The number of rotatable bonds is 4. The van der Waals surface area contributed by atoms with Crippen molar-refractivity contribution in [3.8, 4) is 5.75 Å². The molecule has 1 aromatic carbocycles. The van der Waals surface area contributed by atoms with Crippen LogP contribution in [0.2, 0.25) is 5.02 Å². The molecule has 1 saturated heterocycles. The van der Waals surface area contributed by atoms with Crippen LogP contribution in [0.1, 0.15) is 4.88 Å². The van der Waals surface area contributed by atoms with E-state index in [1.165, 1.54) is 23.3 Å². The normalized spacial score (nSPS) is 18.4. The molecule has 1 fully saturated rings. The minimum Gasteiger partial charge on any atom is -0.495 e. The molecule has 4 rings (SSSR count). The van der Waals surface area contributed by atoms with Gasteiger partial charge in [0.1, 0.15) is 11.4 Å². The fraction of sp³-hybridized carbons (Fsp3) is 0.300. The van der Waals surface area contributed by atoms with Gasteiger partial charge < -0.3 is 14.5 Å². The number of methoxy groups -OCH3 is 1. The molecule has 0 aliphatic carbocycles. The summed E-state index contributed by atoms with van der Waals surface area (Å²) < 4.78 is 5.18. The van der Waals surface area contributed by atoms with Crippen LogP contribution in [-0.4, -0.2) is 62.0 Å². The number of imide groups is 1. The van der Waals surface area contributed by atoms with E-state index in [1.54, 1.807) is 18.2 Å². The topological polar surface area (TPSA) is 53.1 Å². The van der Waals surface area contributed by atoms with E-state index in [2.05, 4.69) is 11.9 Å². The van der Waals surface area contributed by atoms with Gasteiger partial charge in [-0.15, -0.1) is 11.3 Å². The highest BCUT2D eigenvalue weighted by molar-refractivity contribution is 7.11. The Morgan fingerprint density at radius 3 is 2.43 bits per heavy atom. The van der Waals surface area contributed by atoms with Crippen LogP contribution in [0, 0.1) is 0 Å². The Hall–Kier alpha value is -2.35. The van der Waals surface area contributed by atoms with Gasteiger partial charge in [0.25, 0.3) is 11.8 Å². The standard InChI is InChI=1S/C20H20ClN3O3S/c1-22-7-9-23(10-8-22)18-17(16-4-3-11-28-16)19(25)24(20(18)26)13-5-6-15(27-2)14(21)12-13/h3-6,11-12H,7-10H2,1-2H3. The van der Waals surface area contributed by atoms with E-state index in [0.717, 1.165) is 18.0 Å². The molecule has 0 radical (unpaired) electrons. The molecule has 2 aromatic rings. The average molecular weight is 418 g/mol. The first-order valence-electron chi connectivity index (χ1n) is 8.95. The SMILES string of the molecule is COc1ccc(N2C(=O)C(c3cccs3)=C(N3CCN(C)CC3)C2=O)cc1Cl. The van der Waals surface area contributed by atoms with Crippen molar-refractivity contribution >= 4 is 46.0 Å². The summed E-state index contributed by atoms with van der Waals surface area (Å²) in [4.78, 5) is 33.0. The molecule has 0 N–H and O–H groups in total. The highest BCUT2D eigenvalue weighted by atomic mass is 35.5. The van der Waals surface area contributed by atoms with E-state index in [4.69, 9.17) is 16.3 Å². The lowest BCUT2D eigenvalue weighted by Crippen LogP contribution is -2.46. The van der Waals surface area contributed by atoms with E-state index >= 15 is 0 Å². The fourth-order valence-electron chi connectivity index (χ4n) is 3.51. The van der Waals surface area contributed by atoms with Crippen LogP contribution >= 0.6 is 22.9 Å². The summed E-state index contributed by atoms with van der Waals surface area (Å²) in [5, 5.41) is 2.26. The first-order chi connectivity index (χ1) is 13.5. The molecule has 2 aliphatic heterocycles. The number of thiophene rings is 1. The Bertz CT molecular complexity index is 950. The van der Waals surface area contributed by atoms with E-state index < -0.39 is 0 Å². The van der Waals surface area contributed by atoms with E-state index in [-0.39, 0.29) is 11.8 Å². The van der Waals surface area contributed by atoms with Crippen LogP contribution in [0.15, 0.2) is 41.4 Å². The van der Waals surface area contributed by atoms with Crippen LogP contribution in [0.5, 0.6) is 5.75 Å². The third-order valence-electron chi connectivity index (χ3n) is 5.04. The smallest absolute Gasteiger partial charge is 0.282 e. The number of piperazine rings is 1. The van der Waals surface area contributed by atoms with Gasteiger partial charge in [-0.1, -0.05) is 17.7 Å². The Kier molecular flexibility index (Phi) is 5.14. The highest BCUT2D eigenvalue weighted by Gasteiger charge is 2.43. The van der Waals surface area contributed by atoms with Gasteiger partial charge in [-0.05, 0) is 36.7 Å². The van der Waals surface area contributed by atoms with Crippen molar-refractivity contribution in [2.75, 3.05) is 45.2 Å². The molecule has 0 unspecified atom stereocenters. The summed E-state index contributed by atoms with van der Waals surface area (Å²) in [7, 11) is 3.58. The summed E-state index contributed by atoms with van der Waals surface area (Å²) in [6.07, 6.45) is 0. The number of likely N-dealkylation sites (N-methyl/N-ethyl adjacent to an activating group) is 1. The summed E-state index contributed by atoms with van der Waals surface area (Å²) in [6, 6.07) is 8.70. The predicted octanol–water partition coefficient (Wildman–Crippen LogP) is 2.94. The minimum atomic E-state index is -0.317. The maximum Gasteiger partial charge on any atom is 0.282 e. The zero-order chi connectivity index (χ0) is 19.8. The minimum absolute atomic E-state index is 0.306. The predicted molar refractivity (Wildman–Crippen MR) is 111 cm³/mol. The molecule has 0 atom stereocenters. The van der Waals surface area contributed by atoms with E-state index in [9.17, 15) is 9.59 Å². The van der Waals surface area contributed by atoms with Crippen molar-refractivity contribution in [1.82, 2.24) is 9.80 Å². The van der Waals surface area contributed by atoms with Crippen molar-refractivity contribution < 1.29 is 14.3 Å². The number of nitrogens with zero attached hydrogens (tertiary/aromatic N) is 3. The quantitative estimate of drug-likeness (QED) is 0.716. The molecule has 2 aliphatic rings. The number of carbonyl (C=O) groups is 2. The van der Waals surface area contributed by atoms with Crippen LogP contribution < -0.4 is 9.64 Å². The lowest BCUT2D eigenvalue weighted by atomic mass is 10.1. The number of hydrogen-bond donors (Lipinski definition) is 0. The molecule has 6 nitrogen and oxygen atoms in total. The Labute approximate surface area is 172 Å². The summed E-state index contributed by atoms with van der Waals surface area (Å²) in [5.41, 5.74) is 1.39. The number of ether oxygens (including phenoxy) is 1. The Balaban J connectivity index is 1.76. The molecule has 0 spiro atoms. The van der Waals surface area contributed by atoms with Crippen LogP contribution in [0.4, 0.5) is 5.69 Å². The first kappa shape index (κ1) is 19.0. The fourth-order valence-corrected chi connectivity index (χ4v) is 4.53. The van der Waals surface area contributed by atoms with Crippen molar-refractivity contribution in [2.24, 2.45) is 0 Å². The molecule has 1 aromatic heterocycles. The molecule has 2 amide bonds. The van der Waals surface area contributed by atoms with Gasteiger partial charge >= 0.3 is 0 Å². The van der Waals surface area contributed by atoms with Gasteiger partial charge in [-0.25, -0.2) is 4.90 Å². The molecule has 0 saturated carbocycles. The molecular weight excluding hydrogens is 398 g/mol. The number of halogens is 1. The third kappa shape index (κ3) is 3.19. The van der Waals surface area contributed by atoms with Crippen molar-refractivity contribution in [3.63, 3.8) is 0 Å².